The van der Waals surface area contributed by atoms with Gasteiger partial charge in [-0.15, -0.1) is 0 Å². The molecule has 0 aromatic rings. The lowest BCUT2D eigenvalue weighted by molar-refractivity contribution is -0.107. The standard InChI is InChI=1S/C12H18O2/c1-12(2)9-11(14)7-6-10(12)5-3-4-8-13/h3,5-6,8,11,14H,4,7,9H2,1-2H3/b5-3+. The van der Waals surface area contributed by atoms with E-state index in [0.29, 0.717) is 6.42 Å². The van der Waals surface area contributed by atoms with E-state index in [0.717, 1.165) is 19.1 Å². The first-order chi connectivity index (χ1) is 6.56. The zero-order valence-electron chi connectivity index (χ0n) is 8.86. The summed E-state index contributed by atoms with van der Waals surface area (Å²) >= 11 is 0. The van der Waals surface area contributed by atoms with E-state index in [-0.39, 0.29) is 11.5 Å². The summed E-state index contributed by atoms with van der Waals surface area (Å²) in [7, 11) is 0. The van der Waals surface area contributed by atoms with Crippen molar-refractivity contribution < 1.29 is 9.90 Å². The van der Waals surface area contributed by atoms with Gasteiger partial charge in [0.05, 0.1) is 6.10 Å². The Morgan fingerprint density at radius 2 is 2.36 bits per heavy atom. The minimum atomic E-state index is -0.215. The molecule has 1 N–H and O–H groups in total. The fourth-order valence-corrected chi connectivity index (χ4v) is 1.87. The lowest BCUT2D eigenvalue weighted by atomic mass is 9.74. The largest absolute Gasteiger partial charge is 0.393 e. The average molecular weight is 194 g/mol. The first-order valence-corrected chi connectivity index (χ1v) is 5.05. The molecule has 0 heterocycles. The highest BCUT2D eigenvalue weighted by Gasteiger charge is 2.28. The maximum absolute atomic E-state index is 10.1. The minimum absolute atomic E-state index is 0.0249. The molecule has 0 aliphatic heterocycles. The van der Waals surface area contributed by atoms with E-state index in [1.807, 2.05) is 12.2 Å². The molecule has 2 nitrogen and oxygen atoms in total. The maximum atomic E-state index is 10.1. The monoisotopic (exact) mass is 194 g/mol. The zero-order valence-corrected chi connectivity index (χ0v) is 8.86. The second kappa shape index (κ2) is 4.56. The fourth-order valence-electron chi connectivity index (χ4n) is 1.87. The Kier molecular flexibility index (Phi) is 3.64. The number of carbonyl (C=O) groups excluding carboxylic acids is 1. The van der Waals surface area contributed by atoms with Gasteiger partial charge in [-0.25, -0.2) is 0 Å². The minimum Gasteiger partial charge on any atom is -0.393 e. The van der Waals surface area contributed by atoms with Gasteiger partial charge in [-0.05, 0) is 23.8 Å². The molecule has 0 aromatic carbocycles. The Morgan fingerprint density at radius 3 is 2.93 bits per heavy atom. The van der Waals surface area contributed by atoms with Crippen molar-refractivity contribution >= 4 is 6.29 Å². The van der Waals surface area contributed by atoms with Crippen molar-refractivity contribution in [1.82, 2.24) is 0 Å². The summed E-state index contributed by atoms with van der Waals surface area (Å²) in [4.78, 5) is 10.1. The molecule has 0 amide bonds. The molecule has 1 rings (SSSR count). The fraction of sp³-hybridized carbons (Fsp3) is 0.583. The first kappa shape index (κ1) is 11.2. The van der Waals surface area contributed by atoms with Crippen molar-refractivity contribution in [3.05, 3.63) is 23.8 Å². The van der Waals surface area contributed by atoms with Crippen LogP contribution in [0.3, 0.4) is 0 Å². The van der Waals surface area contributed by atoms with Gasteiger partial charge < -0.3 is 9.90 Å². The van der Waals surface area contributed by atoms with E-state index in [2.05, 4.69) is 19.9 Å². The summed E-state index contributed by atoms with van der Waals surface area (Å²) in [6.07, 6.45) is 8.61. The van der Waals surface area contributed by atoms with Crippen molar-refractivity contribution in [1.29, 1.82) is 0 Å². The van der Waals surface area contributed by atoms with E-state index in [1.54, 1.807) is 0 Å². The molecule has 78 valence electrons. The molecule has 1 aliphatic rings. The first-order valence-electron chi connectivity index (χ1n) is 5.05. The van der Waals surface area contributed by atoms with Gasteiger partial charge >= 0.3 is 0 Å². The number of carbonyl (C=O) groups is 1. The molecule has 0 fully saturated rings. The van der Waals surface area contributed by atoms with Gasteiger partial charge in [0, 0.05) is 6.42 Å². The smallest absolute Gasteiger partial charge is 0.123 e. The van der Waals surface area contributed by atoms with E-state index in [4.69, 9.17) is 0 Å². The van der Waals surface area contributed by atoms with Crippen LogP contribution in [0.2, 0.25) is 0 Å². The van der Waals surface area contributed by atoms with Gasteiger partial charge in [-0.3, -0.25) is 0 Å². The van der Waals surface area contributed by atoms with Gasteiger partial charge in [0.25, 0.3) is 0 Å². The quantitative estimate of drug-likeness (QED) is 0.699. The van der Waals surface area contributed by atoms with Crippen molar-refractivity contribution in [3.63, 3.8) is 0 Å². The molecule has 0 bridgehead atoms. The number of aliphatic hydroxyl groups excluding tert-OH is 1. The van der Waals surface area contributed by atoms with Crippen molar-refractivity contribution in [3.8, 4) is 0 Å². The highest BCUT2D eigenvalue weighted by molar-refractivity contribution is 5.52. The normalized spacial score (nSPS) is 26.2. The van der Waals surface area contributed by atoms with Crippen LogP contribution in [-0.2, 0) is 4.79 Å². The molecule has 1 atom stereocenters. The van der Waals surface area contributed by atoms with Crippen molar-refractivity contribution in [2.45, 2.75) is 39.2 Å². The van der Waals surface area contributed by atoms with E-state index >= 15 is 0 Å². The number of aldehydes is 1. The molecular formula is C12H18O2. The van der Waals surface area contributed by atoms with Crippen LogP contribution in [0.4, 0.5) is 0 Å². The third-order valence-electron chi connectivity index (χ3n) is 2.67. The summed E-state index contributed by atoms with van der Waals surface area (Å²) in [5, 5.41) is 9.51. The Morgan fingerprint density at radius 1 is 1.64 bits per heavy atom. The Hall–Kier alpha value is -0.890. The number of allylic oxidation sites excluding steroid dienone is 3. The Bertz CT molecular complexity index is 261. The molecule has 1 aliphatic carbocycles. The molecule has 1 unspecified atom stereocenters. The predicted molar refractivity (Wildman–Crippen MR) is 56.9 cm³/mol. The number of hydrogen-bond donors (Lipinski definition) is 1. The van der Waals surface area contributed by atoms with Crippen molar-refractivity contribution in [2.75, 3.05) is 0 Å². The lowest BCUT2D eigenvalue weighted by Crippen LogP contribution is -2.25. The van der Waals surface area contributed by atoms with Crippen LogP contribution in [-0.4, -0.2) is 17.5 Å². The third kappa shape index (κ3) is 2.81. The molecular weight excluding hydrogens is 176 g/mol. The molecule has 0 radical (unpaired) electrons. The van der Waals surface area contributed by atoms with Gasteiger partial charge in [0.1, 0.15) is 6.29 Å². The lowest BCUT2D eigenvalue weighted by Gasteiger charge is -2.32. The molecule has 14 heavy (non-hydrogen) atoms. The summed E-state index contributed by atoms with van der Waals surface area (Å²) in [5.41, 5.74) is 1.25. The van der Waals surface area contributed by atoms with Gasteiger partial charge in [-0.1, -0.05) is 32.1 Å². The highest BCUT2D eigenvalue weighted by Crippen LogP contribution is 2.37. The topological polar surface area (TPSA) is 37.3 Å². The van der Waals surface area contributed by atoms with E-state index < -0.39 is 0 Å². The van der Waals surface area contributed by atoms with Gasteiger partial charge in [0.2, 0.25) is 0 Å². The number of aliphatic hydroxyl groups is 1. The van der Waals surface area contributed by atoms with E-state index in [1.165, 1.54) is 5.57 Å². The average Bonchev–Trinajstić information content (AvgIpc) is 2.08. The van der Waals surface area contributed by atoms with Crippen LogP contribution in [0.15, 0.2) is 23.8 Å². The van der Waals surface area contributed by atoms with Crippen LogP contribution < -0.4 is 0 Å². The molecule has 0 saturated carbocycles. The van der Waals surface area contributed by atoms with Crippen LogP contribution in [0.1, 0.15) is 33.1 Å². The van der Waals surface area contributed by atoms with Gasteiger partial charge in [0.15, 0.2) is 0 Å². The molecule has 0 saturated heterocycles. The van der Waals surface area contributed by atoms with Gasteiger partial charge in [-0.2, -0.15) is 0 Å². The highest BCUT2D eigenvalue weighted by atomic mass is 16.3. The second-order valence-electron chi connectivity index (χ2n) is 4.44. The maximum Gasteiger partial charge on any atom is 0.123 e. The summed E-state index contributed by atoms with van der Waals surface area (Å²) in [6, 6.07) is 0. The Labute approximate surface area is 85.3 Å². The summed E-state index contributed by atoms with van der Waals surface area (Å²) in [5.74, 6) is 0. The Balaban J connectivity index is 2.71. The molecule has 2 heteroatoms. The molecule has 0 spiro atoms. The summed E-state index contributed by atoms with van der Waals surface area (Å²) in [6.45, 7) is 4.24. The predicted octanol–water partition coefficient (Wildman–Crippen LogP) is 2.24. The van der Waals surface area contributed by atoms with Crippen LogP contribution in [0, 0.1) is 5.41 Å². The number of hydrogen-bond acceptors (Lipinski definition) is 2. The molecule has 0 aromatic heterocycles. The third-order valence-corrected chi connectivity index (χ3v) is 2.67. The SMILES string of the molecule is CC1(C)CC(O)CC=C1/C=C/CC=O. The van der Waals surface area contributed by atoms with Crippen LogP contribution in [0.5, 0.6) is 0 Å². The van der Waals surface area contributed by atoms with Crippen LogP contribution in [0.25, 0.3) is 0 Å². The van der Waals surface area contributed by atoms with Crippen LogP contribution >= 0.6 is 0 Å². The van der Waals surface area contributed by atoms with Crippen molar-refractivity contribution in [2.24, 2.45) is 5.41 Å². The second-order valence-corrected chi connectivity index (χ2v) is 4.44. The zero-order chi connectivity index (χ0) is 10.6. The number of rotatable bonds is 3. The summed E-state index contributed by atoms with van der Waals surface area (Å²) < 4.78 is 0. The van der Waals surface area contributed by atoms with E-state index in [9.17, 15) is 9.90 Å².